The number of rotatable bonds is 7. The second kappa shape index (κ2) is 9.64. The summed E-state index contributed by atoms with van der Waals surface area (Å²) in [5.41, 5.74) is 1.01. The molecule has 1 amide bonds. The summed E-state index contributed by atoms with van der Waals surface area (Å²) in [4.78, 5) is 19.1. The van der Waals surface area contributed by atoms with Crippen LogP contribution < -0.4 is 9.47 Å². The highest BCUT2D eigenvalue weighted by atomic mass is 19.1. The first kappa shape index (κ1) is 20.9. The Morgan fingerprint density at radius 3 is 2.81 bits per heavy atom. The van der Waals surface area contributed by atoms with E-state index in [-0.39, 0.29) is 24.4 Å². The Balaban J connectivity index is 1.43. The minimum absolute atomic E-state index is 0.114. The van der Waals surface area contributed by atoms with Gasteiger partial charge in [0.1, 0.15) is 29.1 Å². The molecule has 0 aliphatic carbocycles. The normalized spacial score (nSPS) is 16.2. The Morgan fingerprint density at radius 2 is 2.00 bits per heavy atom. The number of halogens is 1. The Kier molecular flexibility index (Phi) is 6.50. The standard InChI is InChI=1S/C24H25FN2O4/c1-29-22-8-3-2-6-17(22)14-20-15-26-24(31-20)21-7-4-5-13-27(21)23(28)16-30-19-11-9-18(25)10-12-19/h2-3,6,8-12,15,21H,4-5,7,13-14,16H2,1H3/t21-/m1/s1. The SMILES string of the molecule is COc1ccccc1Cc1cnc([C@H]2CCCCN2C(=O)COc2ccc(F)cc2)o1. The van der Waals surface area contributed by atoms with Gasteiger partial charge < -0.3 is 18.8 Å². The maximum atomic E-state index is 13.0. The summed E-state index contributed by atoms with van der Waals surface area (Å²) in [5.74, 6) is 2.03. The summed E-state index contributed by atoms with van der Waals surface area (Å²) in [6.07, 6.45) is 4.99. The van der Waals surface area contributed by atoms with Crippen LogP contribution >= 0.6 is 0 Å². The van der Waals surface area contributed by atoms with Crippen LogP contribution in [0.3, 0.4) is 0 Å². The van der Waals surface area contributed by atoms with Crippen LogP contribution in [0.5, 0.6) is 11.5 Å². The van der Waals surface area contributed by atoms with E-state index in [0.29, 0.717) is 24.6 Å². The zero-order valence-electron chi connectivity index (χ0n) is 17.4. The van der Waals surface area contributed by atoms with E-state index in [0.717, 1.165) is 36.3 Å². The van der Waals surface area contributed by atoms with Crippen molar-refractivity contribution in [3.8, 4) is 11.5 Å². The Morgan fingerprint density at radius 1 is 1.19 bits per heavy atom. The maximum Gasteiger partial charge on any atom is 0.261 e. The molecule has 1 atom stereocenters. The van der Waals surface area contributed by atoms with Gasteiger partial charge in [0.2, 0.25) is 5.89 Å². The van der Waals surface area contributed by atoms with Crippen molar-refractivity contribution >= 4 is 5.91 Å². The number of oxazole rings is 1. The van der Waals surface area contributed by atoms with Crippen LogP contribution in [0.4, 0.5) is 4.39 Å². The molecule has 1 fully saturated rings. The molecule has 0 saturated carbocycles. The monoisotopic (exact) mass is 424 g/mol. The van der Waals surface area contributed by atoms with Crippen LogP contribution in [0.1, 0.15) is 42.5 Å². The van der Waals surface area contributed by atoms with Gasteiger partial charge in [-0.25, -0.2) is 9.37 Å². The summed E-state index contributed by atoms with van der Waals surface area (Å²) in [5, 5.41) is 0. The van der Waals surface area contributed by atoms with Crippen LogP contribution in [-0.2, 0) is 11.2 Å². The molecule has 0 radical (unpaired) electrons. The first-order valence-electron chi connectivity index (χ1n) is 10.4. The second-order valence-corrected chi connectivity index (χ2v) is 7.49. The smallest absolute Gasteiger partial charge is 0.261 e. The van der Waals surface area contributed by atoms with Crippen LogP contribution in [0.15, 0.2) is 59.1 Å². The van der Waals surface area contributed by atoms with Gasteiger partial charge in [0, 0.05) is 18.5 Å². The third-order valence-electron chi connectivity index (χ3n) is 5.41. The van der Waals surface area contributed by atoms with E-state index in [4.69, 9.17) is 13.9 Å². The highest BCUT2D eigenvalue weighted by molar-refractivity contribution is 5.78. The first-order chi connectivity index (χ1) is 15.1. The fourth-order valence-corrected chi connectivity index (χ4v) is 3.84. The molecule has 2 heterocycles. The van der Waals surface area contributed by atoms with Crippen molar-refractivity contribution < 1.29 is 23.1 Å². The van der Waals surface area contributed by atoms with Gasteiger partial charge in [0.25, 0.3) is 5.91 Å². The number of aromatic nitrogens is 1. The van der Waals surface area contributed by atoms with Crippen molar-refractivity contribution in [2.24, 2.45) is 0 Å². The molecule has 0 N–H and O–H groups in total. The lowest BCUT2D eigenvalue weighted by Crippen LogP contribution is -2.41. The quantitative estimate of drug-likeness (QED) is 0.557. The minimum atomic E-state index is -0.345. The molecule has 7 heteroatoms. The molecule has 6 nitrogen and oxygen atoms in total. The molecule has 0 spiro atoms. The number of hydrogen-bond acceptors (Lipinski definition) is 5. The van der Waals surface area contributed by atoms with Crippen molar-refractivity contribution in [1.82, 2.24) is 9.88 Å². The molecule has 31 heavy (non-hydrogen) atoms. The largest absolute Gasteiger partial charge is 0.496 e. The van der Waals surface area contributed by atoms with Gasteiger partial charge in [-0.15, -0.1) is 0 Å². The van der Waals surface area contributed by atoms with Gasteiger partial charge in [-0.1, -0.05) is 18.2 Å². The number of methoxy groups -OCH3 is 1. The summed E-state index contributed by atoms with van der Waals surface area (Å²) in [7, 11) is 1.64. The third kappa shape index (κ3) is 5.05. The maximum absolute atomic E-state index is 13.0. The van der Waals surface area contributed by atoms with Crippen LogP contribution in [0, 0.1) is 5.82 Å². The molecular formula is C24H25FN2O4. The molecule has 1 aliphatic heterocycles. The first-order valence-corrected chi connectivity index (χ1v) is 10.4. The highest BCUT2D eigenvalue weighted by Gasteiger charge is 2.31. The van der Waals surface area contributed by atoms with Gasteiger partial charge in [0.05, 0.1) is 13.3 Å². The van der Waals surface area contributed by atoms with E-state index in [9.17, 15) is 9.18 Å². The van der Waals surface area contributed by atoms with Crippen LogP contribution in [-0.4, -0.2) is 36.1 Å². The summed E-state index contributed by atoms with van der Waals surface area (Å²) >= 11 is 0. The number of carbonyl (C=O) groups excluding carboxylic acids is 1. The van der Waals surface area contributed by atoms with Gasteiger partial charge in [-0.05, 0) is 49.6 Å². The topological polar surface area (TPSA) is 64.8 Å². The Bertz CT molecular complexity index is 1020. The number of likely N-dealkylation sites (tertiary alicyclic amines) is 1. The average Bonchev–Trinajstić information content (AvgIpc) is 3.27. The van der Waals surface area contributed by atoms with Crippen LogP contribution in [0.25, 0.3) is 0 Å². The highest BCUT2D eigenvalue weighted by Crippen LogP contribution is 2.31. The summed E-state index contributed by atoms with van der Waals surface area (Å²) < 4.78 is 30.0. The van der Waals surface area contributed by atoms with E-state index >= 15 is 0 Å². The molecule has 3 aromatic rings. The van der Waals surface area contributed by atoms with Gasteiger partial charge >= 0.3 is 0 Å². The van der Waals surface area contributed by atoms with E-state index in [2.05, 4.69) is 4.98 Å². The van der Waals surface area contributed by atoms with Crippen molar-refractivity contribution in [1.29, 1.82) is 0 Å². The molecular weight excluding hydrogens is 399 g/mol. The molecule has 0 unspecified atom stereocenters. The summed E-state index contributed by atoms with van der Waals surface area (Å²) in [6.45, 7) is 0.511. The fraction of sp³-hybridized carbons (Fsp3) is 0.333. The minimum Gasteiger partial charge on any atom is -0.496 e. The number of ether oxygens (including phenoxy) is 2. The Labute approximate surface area is 180 Å². The molecule has 4 rings (SSSR count). The number of hydrogen-bond donors (Lipinski definition) is 0. The predicted molar refractivity (Wildman–Crippen MR) is 113 cm³/mol. The third-order valence-corrected chi connectivity index (χ3v) is 5.41. The van der Waals surface area contributed by atoms with E-state index in [1.54, 1.807) is 18.2 Å². The van der Waals surface area contributed by atoms with E-state index in [1.807, 2.05) is 24.3 Å². The second-order valence-electron chi connectivity index (χ2n) is 7.49. The lowest BCUT2D eigenvalue weighted by Gasteiger charge is -2.33. The lowest BCUT2D eigenvalue weighted by molar-refractivity contribution is -0.137. The van der Waals surface area contributed by atoms with E-state index in [1.165, 1.54) is 24.3 Å². The van der Waals surface area contributed by atoms with Crippen molar-refractivity contribution in [3.63, 3.8) is 0 Å². The van der Waals surface area contributed by atoms with Gasteiger partial charge in [-0.2, -0.15) is 0 Å². The number of amides is 1. The average molecular weight is 424 g/mol. The van der Waals surface area contributed by atoms with Crippen molar-refractivity contribution in [3.05, 3.63) is 77.8 Å². The van der Waals surface area contributed by atoms with E-state index < -0.39 is 0 Å². The Hall–Kier alpha value is -3.35. The molecule has 1 aromatic heterocycles. The summed E-state index contributed by atoms with van der Waals surface area (Å²) in [6, 6.07) is 13.2. The molecule has 0 bridgehead atoms. The molecule has 2 aromatic carbocycles. The number of piperidine rings is 1. The molecule has 1 aliphatic rings. The molecule has 162 valence electrons. The van der Waals surface area contributed by atoms with Gasteiger partial charge in [0.15, 0.2) is 6.61 Å². The lowest BCUT2D eigenvalue weighted by atomic mass is 10.0. The number of benzene rings is 2. The van der Waals surface area contributed by atoms with Crippen molar-refractivity contribution in [2.75, 3.05) is 20.3 Å². The number of nitrogens with zero attached hydrogens (tertiary/aromatic N) is 2. The zero-order chi connectivity index (χ0) is 21.6. The predicted octanol–water partition coefficient (Wildman–Crippen LogP) is 4.55. The number of para-hydroxylation sites is 1. The zero-order valence-corrected chi connectivity index (χ0v) is 17.4. The van der Waals surface area contributed by atoms with Gasteiger partial charge in [-0.3, -0.25) is 4.79 Å². The molecule has 1 saturated heterocycles. The van der Waals surface area contributed by atoms with Crippen LogP contribution in [0.2, 0.25) is 0 Å². The van der Waals surface area contributed by atoms with Crippen molar-refractivity contribution in [2.45, 2.75) is 31.7 Å². The fourth-order valence-electron chi connectivity index (χ4n) is 3.84. The number of carbonyl (C=O) groups is 1.